The highest BCUT2D eigenvalue weighted by Crippen LogP contribution is 2.30. The van der Waals surface area contributed by atoms with E-state index in [4.69, 9.17) is 10.5 Å². The number of aromatic nitrogens is 3. The lowest BCUT2D eigenvalue weighted by atomic mass is 10.1. The van der Waals surface area contributed by atoms with E-state index in [1.165, 1.54) is 6.33 Å². The van der Waals surface area contributed by atoms with Crippen molar-refractivity contribution in [3.63, 3.8) is 0 Å². The molecule has 0 amide bonds. The standard InChI is InChI=1S/C11H12N4O/c1-7-5-8(3-4-13-7)9-10(16-2)11(12)15-6-14-9/h3-6H,1-2H3,(H2,12,14,15). The molecule has 2 aromatic heterocycles. The third kappa shape index (κ3) is 1.79. The van der Waals surface area contributed by atoms with E-state index in [1.54, 1.807) is 13.3 Å². The van der Waals surface area contributed by atoms with Gasteiger partial charge in [0.1, 0.15) is 12.0 Å². The van der Waals surface area contributed by atoms with E-state index in [-0.39, 0.29) is 0 Å². The maximum atomic E-state index is 5.72. The van der Waals surface area contributed by atoms with Gasteiger partial charge in [-0.1, -0.05) is 0 Å². The number of anilines is 1. The van der Waals surface area contributed by atoms with Gasteiger partial charge in [-0.2, -0.15) is 0 Å². The van der Waals surface area contributed by atoms with Crippen molar-refractivity contribution in [2.24, 2.45) is 0 Å². The molecule has 0 spiro atoms. The minimum atomic E-state index is 0.335. The molecule has 5 heteroatoms. The van der Waals surface area contributed by atoms with Gasteiger partial charge in [0.2, 0.25) is 0 Å². The normalized spacial score (nSPS) is 10.1. The summed E-state index contributed by atoms with van der Waals surface area (Å²) in [4.78, 5) is 12.2. The average molecular weight is 216 g/mol. The molecule has 82 valence electrons. The third-order valence-corrected chi connectivity index (χ3v) is 2.21. The molecule has 0 aliphatic carbocycles. The number of nitrogen functional groups attached to an aromatic ring is 1. The molecule has 2 rings (SSSR count). The summed E-state index contributed by atoms with van der Waals surface area (Å²) in [6, 6.07) is 3.78. The fraction of sp³-hybridized carbons (Fsp3) is 0.182. The van der Waals surface area contributed by atoms with Gasteiger partial charge in [0.15, 0.2) is 11.6 Å². The second kappa shape index (κ2) is 4.14. The van der Waals surface area contributed by atoms with Crippen LogP contribution in [-0.4, -0.2) is 22.1 Å². The number of hydrogen-bond donors (Lipinski definition) is 1. The van der Waals surface area contributed by atoms with Crippen molar-refractivity contribution in [3.05, 3.63) is 30.4 Å². The van der Waals surface area contributed by atoms with Crippen molar-refractivity contribution < 1.29 is 4.74 Å². The van der Waals surface area contributed by atoms with Gasteiger partial charge in [0.05, 0.1) is 7.11 Å². The highest BCUT2D eigenvalue weighted by atomic mass is 16.5. The lowest BCUT2D eigenvalue weighted by Crippen LogP contribution is -2.00. The van der Waals surface area contributed by atoms with Crippen LogP contribution in [0.3, 0.4) is 0 Å². The molecule has 0 aliphatic rings. The number of aryl methyl sites for hydroxylation is 1. The van der Waals surface area contributed by atoms with Crippen LogP contribution in [0, 0.1) is 6.92 Å². The Bertz CT molecular complexity index is 513. The Labute approximate surface area is 93.3 Å². The van der Waals surface area contributed by atoms with Gasteiger partial charge in [-0.05, 0) is 19.1 Å². The summed E-state index contributed by atoms with van der Waals surface area (Å²) in [6.07, 6.45) is 3.14. The maximum Gasteiger partial charge on any atom is 0.187 e. The first kappa shape index (κ1) is 10.4. The first-order chi connectivity index (χ1) is 7.72. The van der Waals surface area contributed by atoms with Crippen LogP contribution in [0.1, 0.15) is 5.69 Å². The molecule has 0 radical (unpaired) electrons. The van der Waals surface area contributed by atoms with Crippen LogP contribution < -0.4 is 10.5 Å². The summed E-state index contributed by atoms with van der Waals surface area (Å²) in [5.41, 5.74) is 8.23. The molecular weight excluding hydrogens is 204 g/mol. The molecule has 16 heavy (non-hydrogen) atoms. The van der Waals surface area contributed by atoms with Crippen LogP contribution in [-0.2, 0) is 0 Å². The van der Waals surface area contributed by atoms with Crippen molar-refractivity contribution in [2.45, 2.75) is 6.92 Å². The topological polar surface area (TPSA) is 73.9 Å². The van der Waals surface area contributed by atoms with Gasteiger partial charge in [-0.15, -0.1) is 0 Å². The molecule has 2 heterocycles. The smallest absolute Gasteiger partial charge is 0.187 e. The molecule has 0 saturated heterocycles. The molecular formula is C11H12N4O. The number of methoxy groups -OCH3 is 1. The molecule has 0 saturated carbocycles. The van der Waals surface area contributed by atoms with Crippen LogP contribution in [0.4, 0.5) is 5.82 Å². The van der Waals surface area contributed by atoms with Gasteiger partial charge in [0, 0.05) is 17.5 Å². The van der Waals surface area contributed by atoms with Crippen LogP contribution in [0.5, 0.6) is 5.75 Å². The predicted octanol–water partition coefficient (Wildman–Crippen LogP) is 1.44. The maximum absolute atomic E-state index is 5.72. The summed E-state index contributed by atoms with van der Waals surface area (Å²) in [5.74, 6) is 0.829. The second-order valence-corrected chi connectivity index (χ2v) is 3.33. The highest BCUT2D eigenvalue weighted by molar-refractivity contribution is 5.71. The van der Waals surface area contributed by atoms with E-state index in [2.05, 4.69) is 15.0 Å². The average Bonchev–Trinajstić information content (AvgIpc) is 2.28. The fourth-order valence-electron chi connectivity index (χ4n) is 1.49. The minimum Gasteiger partial charge on any atom is -0.491 e. The molecule has 0 aromatic carbocycles. The van der Waals surface area contributed by atoms with E-state index >= 15 is 0 Å². The fourth-order valence-corrected chi connectivity index (χ4v) is 1.49. The van der Waals surface area contributed by atoms with Gasteiger partial charge in [-0.25, -0.2) is 9.97 Å². The van der Waals surface area contributed by atoms with Gasteiger partial charge >= 0.3 is 0 Å². The molecule has 0 bridgehead atoms. The Kier molecular flexibility index (Phi) is 2.68. The van der Waals surface area contributed by atoms with Crippen LogP contribution in [0.15, 0.2) is 24.7 Å². The summed E-state index contributed by atoms with van der Waals surface area (Å²) in [5, 5.41) is 0. The molecule has 2 N–H and O–H groups in total. The quantitative estimate of drug-likeness (QED) is 0.822. The molecule has 5 nitrogen and oxygen atoms in total. The number of nitrogens with zero attached hydrogens (tertiary/aromatic N) is 3. The van der Waals surface area contributed by atoms with E-state index in [0.29, 0.717) is 17.3 Å². The predicted molar refractivity (Wildman–Crippen MR) is 61.0 cm³/mol. The first-order valence-corrected chi connectivity index (χ1v) is 4.80. The van der Waals surface area contributed by atoms with Gasteiger partial charge in [0.25, 0.3) is 0 Å². The lowest BCUT2D eigenvalue weighted by Gasteiger charge is -2.08. The molecule has 0 aliphatic heterocycles. The molecule has 0 unspecified atom stereocenters. The number of nitrogens with two attached hydrogens (primary N) is 1. The van der Waals surface area contributed by atoms with Crippen LogP contribution in [0.25, 0.3) is 11.3 Å². The van der Waals surface area contributed by atoms with E-state index in [1.807, 2.05) is 19.1 Å². The Hall–Kier alpha value is -2.17. The van der Waals surface area contributed by atoms with Crippen molar-refractivity contribution >= 4 is 5.82 Å². The SMILES string of the molecule is COc1c(N)ncnc1-c1ccnc(C)c1. The number of rotatable bonds is 2. The molecule has 2 aromatic rings. The van der Waals surface area contributed by atoms with Crippen molar-refractivity contribution in [2.75, 3.05) is 12.8 Å². The zero-order valence-electron chi connectivity index (χ0n) is 9.14. The summed E-state index contributed by atoms with van der Waals surface area (Å²) in [7, 11) is 1.55. The van der Waals surface area contributed by atoms with E-state index < -0.39 is 0 Å². The van der Waals surface area contributed by atoms with Crippen molar-refractivity contribution in [3.8, 4) is 17.0 Å². The zero-order valence-corrected chi connectivity index (χ0v) is 9.14. The Balaban J connectivity index is 2.60. The second-order valence-electron chi connectivity index (χ2n) is 3.33. The number of pyridine rings is 1. The first-order valence-electron chi connectivity index (χ1n) is 4.80. The van der Waals surface area contributed by atoms with Crippen molar-refractivity contribution in [1.82, 2.24) is 15.0 Å². The Morgan fingerprint density at radius 1 is 1.25 bits per heavy atom. The van der Waals surface area contributed by atoms with Crippen LogP contribution >= 0.6 is 0 Å². The summed E-state index contributed by atoms with van der Waals surface area (Å²) >= 11 is 0. The highest BCUT2D eigenvalue weighted by Gasteiger charge is 2.11. The van der Waals surface area contributed by atoms with E-state index in [9.17, 15) is 0 Å². The minimum absolute atomic E-state index is 0.335. The molecule has 0 fully saturated rings. The van der Waals surface area contributed by atoms with Gasteiger partial charge in [-0.3, -0.25) is 4.98 Å². The Morgan fingerprint density at radius 2 is 2.06 bits per heavy atom. The summed E-state index contributed by atoms with van der Waals surface area (Å²) in [6.45, 7) is 1.92. The monoisotopic (exact) mass is 216 g/mol. The summed E-state index contributed by atoms with van der Waals surface area (Å²) < 4.78 is 5.20. The lowest BCUT2D eigenvalue weighted by molar-refractivity contribution is 0.415. The molecule has 0 atom stereocenters. The number of ether oxygens (including phenoxy) is 1. The number of hydrogen-bond acceptors (Lipinski definition) is 5. The third-order valence-electron chi connectivity index (χ3n) is 2.21. The van der Waals surface area contributed by atoms with Gasteiger partial charge < -0.3 is 10.5 Å². The zero-order chi connectivity index (χ0) is 11.5. The van der Waals surface area contributed by atoms with E-state index in [0.717, 1.165) is 11.3 Å². The largest absolute Gasteiger partial charge is 0.491 e. The Morgan fingerprint density at radius 3 is 2.75 bits per heavy atom. The van der Waals surface area contributed by atoms with Crippen molar-refractivity contribution in [1.29, 1.82) is 0 Å². The van der Waals surface area contributed by atoms with Crippen LogP contribution in [0.2, 0.25) is 0 Å².